The van der Waals surface area contributed by atoms with E-state index in [9.17, 15) is 14.0 Å². The normalized spacial score (nSPS) is 15.8. The average molecular weight is 372 g/mol. The molecule has 6 heteroatoms. The molecule has 1 aliphatic rings. The number of esters is 1. The summed E-state index contributed by atoms with van der Waals surface area (Å²) in [6, 6.07) is 12.5. The van der Waals surface area contributed by atoms with Gasteiger partial charge in [-0.25, -0.2) is 9.18 Å². The monoisotopic (exact) mass is 371 g/mol. The maximum atomic E-state index is 13.5. The Morgan fingerprint density at radius 2 is 1.88 bits per heavy atom. The third-order valence-corrected chi connectivity index (χ3v) is 4.29. The summed E-state index contributed by atoms with van der Waals surface area (Å²) in [5, 5.41) is 0.533. The first-order valence-corrected chi connectivity index (χ1v) is 8.17. The third-order valence-electron chi connectivity index (χ3n) is 4.03. The van der Waals surface area contributed by atoms with Crippen molar-refractivity contribution in [1.29, 1.82) is 0 Å². The number of methoxy groups -OCH3 is 1. The van der Waals surface area contributed by atoms with Crippen molar-refractivity contribution in [3.63, 3.8) is 0 Å². The first kappa shape index (κ1) is 17.9. The number of nitrogens with zero attached hydrogens (tertiary/aromatic N) is 1. The van der Waals surface area contributed by atoms with E-state index in [-0.39, 0.29) is 11.1 Å². The average Bonchev–Trinajstić information content (AvgIpc) is 2.86. The molecule has 0 spiro atoms. The Morgan fingerprint density at radius 1 is 1.19 bits per heavy atom. The Bertz CT molecular complexity index is 948. The lowest BCUT2D eigenvalue weighted by Gasteiger charge is -2.17. The number of benzene rings is 2. The highest BCUT2D eigenvalue weighted by molar-refractivity contribution is 6.30. The summed E-state index contributed by atoms with van der Waals surface area (Å²) in [4.78, 5) is 26.7. The summed E-state index contributed by atoms with van der Waals surface area (Å²) in [6.45, 7) is 1.66. The number of halogens is 2. The number of carbonyl (C=O) groups excluding carboxylic acids is 2. The second-order valence-corrected chi connectivity index (χ2v) is 6.12. The summed E-state index contributed by atoms with van der Waals surface area (Å²) >= 11 is 5.91. The summed E-state index contributed by atoms with van der Waals surface area (Å²) in [5.74, 6) is -1.45. The van der Waals surface area contributed by atoms with Crippen molar-refractivity contribution in [2.75, 3.05) is 12.0 Å². The molecule has 2 aromatic rings. The van der Waals surface area contributed by atoms with Crippen LogP contribution >= 0.6 is 11.6 Å². The fourth-order valence-electron chi connectivity index (χ4n) is 2.84. The number of carbonyl (C=O) groups is 2. The fraction of sp³-hybridized carbons (Fsp3) is 0.100. The van der Waals surface area contributed by atoms with Gasteiger partial charge in [0, 0.05) is 16.4 Å². The van der Waals surface area contributed by atoms with E-state index in [0.717, 1.165) is 0 Å². The van der Waals surface area contributed by atoms with Gasteiger partial charge >= 0.3 is 5.97 Å². The Morgan fingerprint density at radius 3 is 2.50 bits per heavy atom. The van der Waals surface area contributed by atoms with Gasteiger partial charge in [-0.2, -0.15) is 0 Å². The van der Waals surface area contributed by atoms with Gasteiger partial charge in [0.15, 0.2) is 0 Å². The molecule has 0 unspecified atom stereocenters. The van der Waals surface area contributed by atoms with E-state index in [1.807, 2.05) is 0 Å². The topological polar surface area (TPSA) is 46.6 Å². The lowest BCUT2D eigenvalue weighted by atomic mass is 10.0. The molecule has 0 aromatic heterocycles. The number of hydrogen-bond donors (Lipinski definition) is 0. The number of rotatable bonds is 3. The van der Waals surface area contributed by atoms with E-state index in [1.54, 1.807) is 37.3 Å². The van der Waals surface area contributed by atoms with Gasteiger partial charge in [-0.05, 0) is 55.0 Å². The van der Waals surface area contributed by atoms with Crippen LogP contribution in [0.2, 0.25) is 5.02 Å². The van der Waals surface area contributed by atoms with E-state index < -0.39 is 17.7 Å². The van der Waals surface area contributed by atoms with E-state index in [0.29, 0.717) is 22.0 Å². The van der Waals surface area contributed by atoms with Crippen molar-refractivity contribution in [2.45, 2.75) is 6.92 Å². The standard InChI is InChI=1S/C20H15ClFNO3/c1-12-18(20(25)26-2)17(11-13-4-3-5-15(22)10-13)19(24)23(12)16-8-6-14(21)7-9-16/h3-11H,1-2H3/b17-11-. The van der Waals surface area contributed by atoms with Crippen molar-refractivity contribution in [3.05, 3.63) is 81.8 Å². The Hall–Kier alpha value is -2.92. The first-order chi connectivity index (χ1) is 12.4. The number of ether oxygens (including phenoxy) is 1. The van der Waals surface area contributed by atoms with Gasteiger partial charge in [0.05, 0.1) is 18.3 Å². The van der Waals surface area contributed by atoms with E-state index >= 15 is 0 Å². The second kappa shape index (κ2) is 7.14. The van der Waals surface area contributed by atoms with Crippen molar-refractivity contribution in [3.8, 4) is 0 Å². The van der Waals surface area contributed by atoms with Crippen LogP contribution in [0.25, 0.3) is 6.08 Å². The molecular formula is C20H15ClFNO3. The molecule has 0 atom stereocenters. The highest BCUT2D eigenvalue weighted by Gasteiger charge is 2.37. The zero-order chi connectivity index (χ0) is 18.8. The van der Waals surface area contributed by atoms with Gasteiger partial charge in [-0.1, -0.05) is 23.7 Å². The van der Waals surface area contributed by atoms with Crippen LogP contribution in [-0.4, -0.2) is 19.0 Å². The van der Waals surface area contributed by atoms with Crippen LogP contribution in [0.4, 0.5) is 10.1 Å². The molecule has 0 saturated heterocycles. The molecule has 1 aliphatic heterocycles. The van der Waals surface area contributed by atoms with Crippen LogP contribution < -0.4 is 4.90 Å². The summed E-state index contributed by atoms with van der Waals surface area (Å²) < 4.78 is 18.3. The molecule has 4 nitrogen and oxygen atoms in total. The number of anilines is 1. The van der Waals surface area contributed by atoms with Crippen molar-refractivity contribution in [2.24, 2.45) is 0 Å². The lowest BCUT2D eigenvalue weighted by Crippen LogP contribution is -2.24. The third kappa shape index (κ3) is 3.26. The molecule has 0 fully saturated rings. The molecule has 0 bridgehead atoms. The maximum absolute atomic E-state index is 13.5. The molecule has 26 heavy (non-hydrogen) atoms. The molecule has 2 aromatic carbocycles. The van der Waals surface area contributed by atoms with Crippen LogP contribution in [0, 0.1) is 5.82 Å². The van der Waals surface area contributed by atoms with Crippen LogP contribution in [-0.2, 0) is 14.3 Å². The van der Waals surface area contributed by atoms with Crippen LogP contribution in [0.3, 0.4) is 0 Å². The molecule has 0 radical (unpaired) electrons. The predicted octanol–water partition coefficient (Wildman–Crippen LogP) is 4.36. The zero-order valence-electron chi connectivity index (χ0n) is 14.1. The van der Waals surface area contributed by atoms with Crippen molar-refractivity contribution >= 4 is 35.2 Å². The highest BCUT2D eigenvalue weighted by Crippen LogP contribution is 2.35. The van der Waals surface area contributed by atoms with Crippen molar-refractivity contribution in [1.82, 2.24) is 0 Å². The summed E-state index contributed by atoms with van der Waals surface area (Å²) in [6.07, 6.45) is 1.48. The highest BCUT2D eigenvalue weighted by atomic mass is 35.5. The van der Waals surface area contributed by atoms with E-state index in [2.05, 4.69) is 0 Å². The molecule has 1 heterocycles. The smallest absolute Gasteiger partial charge is 0.340 e. The van der Waals surface area contributed by atoms with Gasteiger partial charge in [-0.15, -0.1) is 0 Å². The van der Waals surface area contributed by atoms with Crippen molar-refractivity contribution < 1.29 is 18.7 Å². The maximum Gasteiger partial charge on any atom is 0.340 e. The SMILES string of the molecule is COC(=O)C1=C(C)N(c2ccc(Cl)cc2)C(=O)/C1=C\c1cccc(F)c1. The van der Waals surface area contributed by atoms with Gasteiger partial charge in [0.2, 0.25) is 0 Å². The number of amides is 1. The molecule has 0 saturated carbocycles. The largest absolute Gasteiger partial charge is 0.465 e. The second-order valence-electron chi connectivity index (χ2n) is 5.68. The number of hydrogen-bond acceptors (Lipinski definition) is 3. The zero-order valence-corrected chi connectivity index (χ0v) is 14.9. The minimum Gasteiger partial charge on any atom is -0.465 e. The first-order valence-electron chi connectivity index (χ1n) is 7.79. The van der Waals surface area contributed by atoms with Gasteiger partial charge in [0.25, 0.3) is 5.91 Å². The Kier molecular flexibility index (Phi) is 4.91. The van der Waals surface area contributed by atoms with Crippen LogP contribution in [0.5, 0.6) is 0 Å². The van der Waals surface area contributed by atoms with Gasteiger partial charge < -0.3 is 4.74 Å². The van der Waals surface area contributed by atoms with E-state index in [1.165, 1.54) is 36.3 Å². The molecule has 0 aliphatic carbocycles. The molecule has 0 N–H and O–H groups in total. The minimum atomic E-state index is -0.630. The molecule has 132 valence electrons. The summed E-state index contributed by atoms with van der Waals surface area (Å²) in [5.41, 5.74) is 1.78. The summed E-state index contributed by atoms with van der Waals surface area (Å²) in [7, 11) is 1.25. The van der Waals surface area contributed by atoms with E-state index in [4.69, 9.17) is 16.3 Å². The molecule has 3 rings (SSSR count). The Labute approximate surface area is 155 Å². The van der Waals surface area contributed by atoms with Crippen LogP contribution in [0.1, 0.15) is 12.5 Å². The minimum absolute atomic E-state index is 0.148. The van der Waals surface area contributed by atoms with Gasteiger partial charge in [0.1, 0.15) is 5.82 Å². The predicted molar refractivity (Wildman–Crippen MR) is 98.0 cm³/mol. The Balaban J connectivity index is 2.13. The lowest BCUT2D eigenvalue weighted by molar-refractivity contribution is -0.136. The fourth-order valence-corrected chi connectivity index (χ4v) is 2.97. The van der Waals surface area contributed by atoms with Gasteiger partial charge in [-0.3, -0.25) is 9.69 Å². The number of allylic oxidation sites excluding steroid dienone is 1. The molecular weight excluding hydrogens is 357 g/mol. The van der Waals surface area contributed by atoms with Crippen LogP contribution in [0.15, 0.2) is 65.4 Å². The quantitative estimate of drug-likeness (QED) is 0.595. The molecule has 1 amide bonds.